The molecular formula is C24H27NO3. The Morgan fingerprint density at radius 3 is 2.07 bits per heavy atom. The summed E-state index contributed by atoms with van der Waals surface area (Å²) in [5.41, 5.74) is 4.81. The Hall–Kier alpha value is -2.62. The van der Waals surface area contributed by atoms with E-state index in [1.807, 2.05) is 24.3 Å². The average Bonchev–Trinajstić information content (AvgIpc) is 3.11. The van der Waals surface area contributed by atoms with Crippen LogP contribution in [0.2, 0.25) is 0 Å². The Morgan fingerprint density at radius 1 is 1.00 bits per heavy atom. The van der Waals surface area contributed by atoms with Gasteiger partial charge in [-0.05, 0) is 41.9 Å². The molecule has 0 amide bonds. The van der Waals surface area contributed by atoms with Crippen LogP contribution in [-0.4, -0.2) is 23.3 Å². The van der Waals surface area contributed by atoms with Crippen LogP contribution in [0, 0.1) is 0 Å². The first-order valence-electron chi connectivity index (χ1n) is 10.1. The van der Waals surface area contributed by atoms with Gasteiger partial charge in [-0.3, -0.25) is 4.79 Å². The van der Waals surface area contributed by atoms with Crippen LogP contribution in [-0.2, 0) is 10.2 Å². The zero-order chi connectivity index (χ0) is 20.1. The number of carbonyl (C=O) groups excluding carboxylic acids is 2. The number of fused-ring (bicyclic) bond motifs is 1. The number of H-pyrrole nitrogens is 1. The van der Waals surface area contributed by atoms with Crippen LogP contribution in [0.1, 0.15) is 95.6 Å². The Kier molecular flexibility index (Phi) is 4.53. The van der Waals surface area contributed by atoms with Crippen molar-refractivity contribution in [1.82, 2.24) is 4.98 Å². The lowest BCUT2D eigenvalue weighted by atomic mass is 9.71. The molecule has 1 aromatic carbocycles. The zero-order valence-corrected chi connectivity index (χ0v) is 17.0. The fourth-order valence-electron chi connectivity index (χ4n) is 4.41. The van der Waals surface area contributed by atoms with Gasteiger partial charge in [0.15, 0.2) is 0 Å². The highest BCUT2D eigenvalue weighted by Gasteiger charge is 2.38. The van der Waals surface area contributed by atoms with Crippen molar-refractivity contribution in [1.29, 1.82) is 0 Å². The van der Waals surface area contributed by atoms with Crippen LogP contribution >= 0.6 is 0 Å². The number of benzene rings is 1. The molecule has 2 bridgehead atoms. The van der Waals surface area contributed by atoms with E-state index in [1.54, 1.807) is 6.92 Å². The summed E-state index contributed by atoms with van der Waals surface area (Å²) in [6.45, 7) is 8.57. The van der Waals surface area contributed by atoms with Crippen molar-refractivity contribution in [3.8, 4) is 0 Å². The second-order valence-electron chi connectivity index (χ2n) is 8.75. The van der Waals surface area contributed by atoms with Crippen LogP contribution < -0.4 is 0 Å². The summed E-state index contributed by atoms with van der Waals surface area (Å²) in [7, 11) is 0. The Labute approximate surface area is 166 Å². The maximum absolute atomic E-state index is 13.3. The van der Waals surface area contributed by atoms with Gasteiger partial charge in [0, 0.05) is 17.4 Å². The molecule has 3 aliphatic carbocycles. The first-order valence-corrected chi connectivity index (χ1v) is 10.1. The van der Waals surface area contributed by atoms with E-state index in [2.05, 4.69) is 37.9 Å². The minimum atomic E-state index is -0.373. The fourth-order valence-corrected chi connectivity index (χ4v) is 4.41. The van der Waals surface area contributed by atoms with Crippen molar-refractivity contribution in [2.24, 2.45) is 0 Å². The third-order valence-corrected chi connectivity index (χ3v) is 5.90. The van der Waals surface area contributed by atoms with Crippen molar-refractivity contribution in [3.05, 3.63) is 70.1 Å². The van der Waals surface area contributed by atoms with Gasteiger partial charge in [-0.15, -0.1) is 0 Å². The quantitative estimate of drug-likeness (QED) is 0.450. The van der Waals surface area contributed by atoms with E-state index in [9.17, 15) is 9.59 Å². The minimum Gasteiger partial charge on any atom is -0.461 e. The molecule has 0 radical (unpaired) electrons. The molecule has 1 N–H and O–H groups in total. The van der Waals surface area contributed by atoms with E-state index in [4.69, 9.17) is 4.74 Å². The number of rotatable bonds is 4. The SMILES string of the molecule is CCOC(=O)c1[nH]c(C(=O)c2ccc(C(C)(C)C)cc2)c2c1[C@H]1C=C[C@@H]2CC1. The first kappa shape index (κ1) is 18.7. The molecule has 2 aromatic rings. The molecule has 28 heavy (non-hydrogen) atoms. The predicted molar refractivity (Wildman–Crippen MR) is 109 cm³/mol. The van der Waals surface area contributed by atoms with Crippen molar-refractivity contribution < 1.29 is 14.3 Å². The van der Waals surface area contributed by atoms with E-state index >= 15 is 0 Å². The van der Waals surface area contributed by atoms with Gasteiger partial charge in [0.2, 0.25) is 5.78 Å². The monoisotopic (exact) mass is 377 g/mol. The number of aromatic nitrogens is 1. The van der Waals surface area contributed by atoms with E-state index in [1.165, 1.54) is 5.56 Å². The summed E-state index contributed by atoms with van der Waals surface area (Å²) in [5, 5.41) is 0. The highest BCUT2D eigenvalue weighted by molar-refractivity contribution is 6.10. The fraction of sp³-hybridized carbons (Fsp3) is 0.417. The van der Waals surface area contributed by atoms with E-state index < -0.39 is 0 Å². The van der Waals surface area contributed by atoms with Gasteiger partial charge in [-0.2, -0.15) is 0 Å². The first-order chi connectivity index (χ1) is 13.3. The van der Waals surface area contributed by atoms with Crippen LogP contribution in [0.25, 0.3) is 0 Å². The number of ether oxygens (including phenoxy) is 1. The smallest absolute Gasteiger partial charge is 0.355 e. The summed E-state index contributed by atoms with van der Waals surface area (Å²) in [6.07, 6.45) is 6.36. The minimum absolute atomic E-state index is 0.0359. The Balaban J connectivity index is 1.77. The molecule has 0 fully saturated rings. The number of hydrogen-bond acceptors (Lipinski definition) is 3. The topological polar surface area (TPSA) is 59.2 Å². The molecule has 3 aliphatic rings. The zero-order valence-electron chi connectivity index (χ0n) is 17.0. The standard InChI is InChI=1S/C24H27NO3/c1-5-28-23(27)21-19-15-8-6-14(7-9-15)18(19)20(25-21)22(26)16-10-12-17(13-11-16)24(2,3)4/h6,8,10-15,25H,5,7,9H2,1-4H3/t14-,15+/m1/s1. The number of aromatic amines is 1. The van der Waals surface area contributed by atoms with Gasteiger partial charge in [0.25, 0.3) is 0 Å². The van der Waals surface area contributed by atoms with E-state index in [0.29, 0.717) is 23.6 Å². The van der Waals surface area contributed by atoms with Crippen LogP contribution in [0.4, 0.5) is 0 Å². The summed E-state index contributed by atoms with van der Waals surface area (Å²) < 4.78 is 5.25. The average molecular weight is 377 g/mol. The third-order valence-electron chi connectivity index (χ3n) is 5.90. The summed E-state index contributed by atoms with van der Waals surface area (Å²) in [6, 6.07) is 7.80. The molecule has 0 unspecified atom stereocenters. The molecule has 5 rings (SSSR count). The molecule has 0 aliphatic heterocycles. The molecule has 0 saturated carbocycles. The van der Waals surface area contributed by atoms with Crippen molar-refractivity contribution in [2.75, 3.05) is 6.61 Å². The second-order valence-corrected chi connectivity index (χ2v) is 8.75. The van der Waals surface area contributed by atoms with Crippen LogP contribution in [0.3, 0.4) is 0 Å². The number of nitrogens with one attached hydrogen (secondary N) is 1. The van der Waals surface area contributed by atoms with Gasteiger partial charge in [-0.25, -0.2) is 4.79 Å². The molecule has 0 spiro atoms. The molecule has 1 aromatic heterocycles. The lowest BCUT2D eigenvalue weighted by Gasteiger charge is -2.32. The van der Waals surface area contributed by atoms with Crippen molar-refractivity contribution in [3.63, 3.8) is 0 Å². The van der Waals surface area contributed by atoms with E-state index in [-0.39, 0.29) is 29.0 Å². The molecule has 4 heteroatoms. The molecule has 0 saturated heterocycles. The predicted octanol–water partition coefficient (Wildman–Crippen LogP) is 5.25. The maximum atomic E-state index is 13.3. The van der Waals surface area contributed by atoms with Gasteiger partial charge < -0.3 is 9.72 Å². The van der Waals surface area contributed by atoms with Crippen molar-refractivity contribution >= 4 is 11.8 Å². The maximum Gasteiger partial charge on any atom is 0.355 e. The number of esters is 1. The molecule has 146 valence electrons. The lowest BCUT2D eigenvalue weighted by molar-refractivity contribution is 0.0518. The largest absolute Gasteiger partial charge is 0.461 e. The highest BCUT2D eigenvalue weighted by Crippen LogP contribution is 2.48. The van der Waals surface area contributed by atoms with Gasteiger partial charge in [-0.1, -0.05) is 57.2 Å². The number of carbonyl (C=O) groups is 2. The van der Waals surface area contributed by atoms with Gasteiger partial charge in [0.1, 0.15) is 5.69 Å². The number of hydrogen-bond donors (Lipinski definition) is 1. The molecular weight excluding hydrogens is 350 g/mol. The van der Waals surface area contributed by atoms with Crippen molar-refractivity contribution in [2.45, 2.75) is 57.8 Å². The second kappa shape index (κ2) is 6.77. The van der Waals surface area contributed by atoms with Gasteiger partial charge in [0.05, 0.1) is 12.3 Å². The third kappa shape index (κ3) is 3.01. The summed E-state index contributed by atoms with van der Waals surface area (Å²) in [4.78, 5) is 29.0. The number of allylic oxidation sites excluding steroid dienone is 2. The lowest BCUT2D eigenvalue weighted by Crippen LogP contribution is -2.20. The van der Waals surface area contributed by atoms with Crippen LogP contribution in [0.15, 0.2) is 36.4 Å². The summed E-state index contributed by atoms with van der Waals surface area (Å²) in [5.74, 6) is -0.0669. The summed E-state index contributed by atoms with van der Waals surface area (Å²) >= 11 is 0. The molecule has 4 nitrogen and oxygen atoms in total. The highest BCUT2D eigenvalue weighted by atomic mass is 16.5. The van der Waals surface area contributed by atoms with Crippen LogP contribution in [0.5, 0.6) is 0 Å². The normalized spacial score (nSPS) is 20.1. The van der Waals surface area contributed by atoms with E-state index in [0.717, 1.165) is 24.0 Å². The Morgan fingerprint density at radius 2 is 1.57 bits per heavy atom. The molecule has 1 heterocycles. The van der Waals surface area contributed by atoms with Gasteiger partial charge >= 0.3 is 5.97 Å². The Bertz CT molecular complexity index is 957. The number of ketones is 1. The molecule has 2 atom stereocenters.